The molecule has 0 radical (unpaired) electrons. The van der Waals surface area contributed by atoms with Crippen molar-refractivity contribution in [3.8, 4) is 0 Å². The van der Waals surface area contributed by atoms with E-state index in [4.69, 9.17) is 10.1 Å². The number of ether oxygens (including phenoxy) is 1. The summed E-state index contributed by atoms with van der Waals surface area (Å²) in [7, 11) is 0. The van der Waals surface area contributed by atoms with Crippen molar-refractivity contribution in [2.75, 3.05) is 0 Å². The highest BCUT2D eigenvalue weighted by atomic mass is 16.6. The lowest BCUT2D eigenvalue weighted by Gasteiger charge is -2.61. The van der Waals surface area contributed by atoms with Gasteiger partial charge in [0.1, 0.15) is 17.5 Å². The van der Waals surface area contributed by atoms with Crippen LogP contribution in [0.1, 0.15) is 66.2 Å². The predicted molar refractivity (Wildman–Crippen MR) is 106 cm³/mol. The maximum atomic E-state index is 12.5. The molecule has 4 aliphatic carbocycles. The fourth-order valence-corrected chi connectivity index (χ4v) is 4.88. The zero-order valence-corrected chi connectivity index (χ0v) is 16.1. The zero-order chi connectivity index (χ0) is 20.0. The molecule has 2 atom stereocenters. The number of nitrogens with zero attached hydrogens (tertiary/aromatic N) is 1. The SMILES string of the molecule is N=C(C(=O)c1ccccc1)c1cc([C@H]2CC[C@@H](OC(=O)NC34CC(C3)C4)C2)[nH]n1. The van der Waals surface area contributed by atoms with E-state index in [1.165, 1.54) is 0 Å². The largest absolute Gasteiger partial charge is 0.446 e. The summed E-state index contributed by atoms with van der Waals surface area (Å²) in [5, 5.41) is 18.4. The Balaban J connectivity index is 1.17. The van der Waals surface area contributed by atoms with E-state index in [1.807, 2.05) is 6.07 Å². The molecule has 1 amide bonds. The average Bonchev–Trinajstić information content (AvgIpc) is 3.33. The Morgan fingerprint density at radius 2 is 1.93 bits per heavy atom. The summed E-state index contributed by atoms with van der Waals surface area (Å²) >= 11 is 0. The van der Waals surface area contributed by atoms with Crippen LogP contribution in [0.5, 0.6) is 0 Å². The quantitative estimate of drug-likeness (QED) is 0.516. The van der Waals surface area contributed by atoms with Gasteiger partial charge in [0, 0.05) is 22.7 Å². The fraction of sp³-hybridized carbons (Fsp3) is 0.455. The van der Waals surface area contributed by atoms with Crippen LogP contribution in [0, 0.1) is 11.3 Å². The van der Waals surface area contributed by atoms with Gasteiger partial charge in [-0.1, -0.05) is 30.3 Å². The minimum atomic E-state index is -0.346. The number of benzene rings is 1. The molecule has 0 saturated heterocycles. The van der Waals surface area contributed by atoms with Gasteiger partial charge in [-0.05, 0) is 50.5 Å². The normalized spacial score (nSPS) is 29.4. The molecule has 150 valence electrons. The number of aromatic nitrogens is 2. The summed E-state index contributed by atoms with van der Waals surface area (Å²) in [6.45, 7) is 0. The molecular weight excluding hydrogens is 368 g/mol. The molecule has 0 spiro atoms. The van der Waals surface area contributed by atoms with Gasteiger partial charge < -0.3 is 10.1 Å². The first-order chi connectivity index (χ1) is 14.0. The number of H-pyrrole nitrogens is 1. The van der Waals surface area contributed by atoms with Gasteiger partial charge in [0.05, 0.1) is 0 Å². The predicted octanol–water partition coefficient (Wildman–Crippen LogP) is 3.58. The van der Waals surface area contributed by atoms with Crippen molar-refractivity contribution in [1.82, 2.24) is 15.5 Å². The molecule has 2 aromatic rings. The van der Waals surface area contributed by atoms with Gasteiger partial charge in [0.2, 0.25) is 5.78 Å². The number of aromatic amines is 1. The van der Waals surface area contributed by atoms with Crippen molar-refractivity contribution in [3.63, 3.8) is 0 Å². The molecule has 7 heteroatoms. The van der Waals surface area contributed by atoms with Gasteiger partial charge >= 0.3 is 6.09 Å². The number of hydrogen-bond acceptors (Lipinski definition) is 5. The zero-order valence-electron chi connectivity index (χ0n) is 16.1. The van der Waals surface area contributed by atoms with Crippen LogP contribution >= 0.6 is 0 Å². The Hall–Kier alpha value is -2.96. The van der Waals surface area contributed by atoms with Gasteiger partial charge in [-0.15, -0.1) is 0 Å². The van der Waals surface area contributed by atoms with Crippen molar-refractivity contribution >= 4 is 17.6 Å². The van der Waals surface area contributed by atoms with Crippen LogP contribution in [0.25, 0.3) is 0 Å². The molecule has 0 unspecified atom stereocenters. The average molecular weight is 392 g/mol. The van der Waals surface area contributed by atoms with Gasteiger partial charge in [-0.25, -0.2) is 4.79 Å². The van der Waals surface area contributed by atoms with Crippen molar-refractivity contribution in [2.24, 2.45) is 5.92 Å². The van der Waals surface area contributed by atoms with Gasteiger partial charge in [-0.2, -0.15) is 5.10 Å². The molecule has 4 fully saturated rings. The van der Waals surface area contributed by atoms with Crippen LogP contribution in [0.2, 0.25) is 0 Å². The third-order valence-electron chi connectivity index (χ3n) is 6.62. The number of amides is 1. The number of carbonyl (C=O) groups excluding carboxylic acids is 2. The first kappa shape index (κ1) is 18.1. The van der Waals surface area contributed by atoms with Crippen LogP contribution in [-0.2, 0) is 4.74 Å². The summed E-state index contributed by atoms with van der Waals surface area (Å²) in [6, 6.07) is 10.6. The lowest BCUT2D eigenvalue weighted by molar-refractivity contribution is -0.0506. The number of alkyl carbamates (subject to hydrolysis) is 1. The van der Waals surface area contributed by atoms with E-state index in [0.29, 0.717) is 11.3 Å². The van der Waals surface area contributed by atoms with Crippen molar-refractivity contribution in [3.05, 3.63) is 53.3 Å². The number of ketones is 1. The minimum absolute atomic E-state index is 0.0314. The van der Waals surface area contributed by atoms with Crippen LogP contribution in [-0.4, -0.2) is 39.4 Å². The molecule has 7 nitrogen and oxygen atoms in total. The summed E-state index contributed by atoms with van der Waals surface area (Å²) in [4.78, 5) is 24.6. The van der Waals surface area contributed by atoms with Crippen LogP contribution in [0.15, 0.2) is 36.4 Å². The fourth-order valence-electron chi connectivity index (χ4n) is 4.88. The number of Topliss-reactive ketones (excluding diaryl/α,β-unsaturated/α-hetero) is 1. The van der Waals surface area contributed by atoms with E-state index in [1.54, 1.807) is 30.3 Å². The van der Waals surface area contributed by atoms with E-state index in [2.05, 4.69) is 15.5 Å². The minimum Gasteiger partial charge on any atom is -0.446 e. The Morgan fingerprint density at radius 3 is 2.62 bits per heavy atom. The highest BCUT2D eigenvalue weighted by Gasteiger charge is 2.57. The topological polar surface area (TPSA) is 108 Å². The number of carbonyl (C=O) groups is 2. The molecule has 4 aliphatic rings. The first-order valence-corrected chi connectivity index (χ1v) is 10.2. The highest BCUT2D eigenvalue weighted by Crippen LogP contribution is 2.57. The first-order valence-electron chi connectivity index (χ1n) is 10.2. The molecule has 4 saturated carbocycles. The Bertz CT molecular complexity index is 950. The molecular formula is C22H24N4O3. The van der Waals surface area contributed by atoms with Crippen molar-refractivity contribution in [2.45, 2.75) is 56.1 Å². The smallest absolute Gasteiger partial charge is 0.407 e. The number of hydrogen-bond donors (Lipinski definition) is 3. The second-order valence-corrected chi connectivity index (χ2v) is 8.70. The Labute approximate surface area is 168 Å². The van der Waals surface area contributed by atoms with Crippen LogP contribution in [0.3, 0.4) is 0 Å². The molecule has 0 aliphatic heterocycles. The van der Waals surface area contributed by atoms with Gasteiger partial charge in [0.15, 0.2) is 0 Å². The third-order valence-corrected chi connectivity index (χ3v) is 6.62. The maximum absolute atomic E-state index is 12.5. The van der Waals surface area contributed by atoms with E-state index in [0.717, 1.165) is 50.1 Å². The van der Waals surface area contributed by atoms with Gasteiger partial charge in [-0.3, -0.25) is 15.3 Å². The van der Waals surface area contributed by atoms with E-state index in [-0.39, 0.29) is 35.1 Å². The molecule has 1 aromatic heterocycles. The van der Waals surface area contributed by atoms with Crippen LogP contribution in [0.4, 0.5) is 4.79 Å². The van der Waals surface area contributed by atoms with E-state index < -0.39 is 0 Å². The number of nitrogens with one attached hydrogen (secondary N) is 3. The molecule has 29 heavy (non-hydrogen) atoms. The monoisotopic (exact) mass is 392 g/mol. The van der Waals surface area contributed by atoms with Crippen molar-refractivity contribution < 1.29 is 14.3 Å². The van der Waals surface area contributed by atoms with Crippen LogP contribution < -0.4 is 5.32 Å². The summed E-state index contributed by atoms with van der Waals surface area (Å²) < 4.78 is 5.63. The summed E-state index contributed by atoms with van der Waals surface area (Å²) in [5.41, 5.74) is 1.62. The van der Waals surface area contributed by atoms with Crippen molar-refractivity contribution in [1.29, 1.82) is 5.41 Å². The standard InChI is InChI=1S/C22H24N4O3/c23-19(20(27)14-4-2-1-3-5-14)18-9-17(25-26-18)15-6-7-16(8-15)29-21(28)24-22-10-13(11-22)12-22/h1-5,9,13,15-16,23H,6-8,10-12H2,(H,24,28)(H,25,26)/t13?,15-,16+,22?/m0/s1. The highest BCUT2D eigenvalue weighted by molar-refractivity contribution is 6.49. The summed E-state index contributed by atoms with van der Waals surface area (Å²) in [5.74, 6) is 0.651. The van der Waals surface area contributed by atoms with Gasteiger partial charge in [0.25, 0.3) is 0 Å². The third kappa shape index (κ3) is 3.34. The molecule has 6 rings (SSSR count). The lowest BCUT2D eigenvalue weighted by atomic mass is 9.50. The Morgan fingerprint density at radius 1 is 1.17 bits per heavy atom. The molecule has 1 heterocycles. The second kappa shape index (κ2) is 6.83. The van der Waals surface area contributed by atoms with E-state index in [9.17, 15) is 9.59 Å². The number of rotatable bonds is 6. The maximum Gasteiger partial charge on any atom is 0.407 e. The molecule has 3 N–H and O–H groups in total. The van der Waals surface area contributed by atoms with E-state index >= 15 is 0 Å². The molecule has 1 aromatic carbocycles. The second-order valence-electron chi connectivity index (χ2n) is 8.70. The molecule has 2 bridgehead atoms. The Kier molecular flexibility index (Phi) is 4.26. The summed E-state index contributed by atoms with van der Waals surface area (Å²) in [6.07, 6.45) is 5.30. The lowest BCUT2D eigenvalue weighted by Crippen LogP contribution is -2.68.